The summed E-state index contributed by atoms with van der Waals surface area (Å²) in [6.07, 6.45) is 13.0. The minimum atomic E-state index is -3.64. The normalized spacial score (nSPS) is 20.4. The lowest BCUT2D eigenvalue weighted by molar-refractivity contribution is -0.114. The van der Waals surface area contributed by atoms with E-state index in [2.05, 4.69) is 0 Å². The standard InChI is InChI=1S/C36H28O5P2/c37-29-19-7-11-23-33(29)42(39,27-15-3-1-4-16-27)35-25-13-9-21-31(35)41-32-22-10-14-26-36(32)43(40,28-17-5-2-6-18-28)34-24-12-8-20-30(34)38/h1-26,33-34H. The zero-order valence-corrected chi connectivity index (χ0v) is 24.9. The van der Waals surface area contributed by atoms with Gasteiger partial charge in [0.15, 0.2) is 25.9 Å². The highest BCUT2D eigenvalue weighted by Gasteiger charge is 2.43. The second-order valence-corrected chi connectivity index (χ2v) is 15.9. The van der Waals surface area contributed by atoms with Gasteiger partial charge in [-0.05, 0) is 36.4 Å². The van der Waals surface area contributed by atoms with E-state index in [4.69, 9.17) is 4.74 Å². The molecule has 6 rings (SSSR count). The largest absolute Gasteiger partial charge is 0.456 e. The number of rotatable bonds is 8. The molecule has 4 aromatic carbocycles. The first kappa shape index (κ1) is 28.6. The van der Waals surface area contributed by atoms with Crippen molar-refractivity contribution in [2.24, 2.45) is 0 Å². The first-order chi connectivity index (χ1) is 20.9. The molecule has 5 nitrogen and oxygen atoms in total. The van der Waals surface area contributed by atoms with Gasteiger partial charge in [0.05, 0.1) is 10.6 Å². The Kier molecular flexibility index (Phi) is 7.95. The van der Waals surface area contributed by atoms with Gasteiger partial charge in [-0.15, -0.1) is 0 Å². The Hall–Kier alpha value is -4.56. The molecule has 0 amide bonds. The third-order valence-electron chi connectivity index (χ3n) is 7.64. The van der Waals surface area contributed by atoms with Crippen molar-refractivity contribution in [1.29, 1.82) is 0 Å². The van der Waals surface area contributed by atoms with Crippen LogP contribution in [-0.2, 0) is 18.7 Å². The average Bonchev–Trinajstić information content (AvgIpc) is 3.06. The molecule has 0 saturated carbocycles. The summed E-state index contributed by atoms with van der Waals surface area (Å²) < 4.78 is 37.1. The van der Waals surface area contributed by atoms with E-state index in [0.717, 1.165) is 0 Å². The lowest BCUT2D eigenvalue weighted by Gasteiger charge is -2.29. The zero-order chi connectivity index (χ0) is 29.9. The maximum Gasteiger partial charge on any atom is 0.170 e. The monoisotopic (exact) mass is 602 g/mol. The highest BCUT2D eigenvalue weighted by Crippen LogP contribution is 2.55. The van der Waals surface area contributed by atoms with Crippen LogP contribution in [0.15, 0.2) is 158 Å². The van der Waals surface area contributed by atoms with Crippen LogP contribution in [0.5, 0.6) is 11.5 Å². The van der Waals surface area contributed by atoms with Crippen LogP contribution in [0, 0.1) is 0 Å². The number of allylic oxidation sites excluding steroid dienone is 8. The van der Waals surface area contributed by atoms with Gasteiger partial charge in [-0.2, -0.15) is 0 Å². The van der Waals surface area contributed by atoms with Gasteiger partial charge in [0.2, 0.25) is 0 Å². The predicted octanol–water partition coefficient (Wildman–Crippen LogP) is 6.23. The van der Waals surface area contributed by atoms with Gasteiger partial charge in [0.1, 0.15) is 22.8 Å². The molecule has 4 atom stereocenters. The number of para-hydroxylation sites is 2. The van der Waals surface area contributed by atoms with E-state index in [1.807, 2.05) is 12.1 Å². The van der Waals surface area contributed by atoms with Crippen molar-refractivity contribution in [3.63, 3.8) is 0 Å². The lowest BCUT2D eigenvalue weighted by atomic mass is 10.2. The lowest BCUT2D eigenvalue weighted by Crippen LogP contribution is -2.32. The smallest absolute Gasteiger partial charge is 0.170 e. The molecule has 0 spiro atoms. The van der Waals surface area contributed by atoms with E-state index in [1.54, 1.807) is 134 Å². The van der Waals surface area contributed by atoms with Crippen molar-refractivity contribution in [3.05, 3.63) is 158 Å². The number of benzene rings is 4. The van der Waals surface area contributed by atoms with Crippen molar-refractivity contribution < 1.29 is 23.5 Å². The van der Waals surface area contributed by atoms with Crippen molar-refractivity contribution in [2.45, 2.75) is 11.3 Å². The number of carbonyl (C=O) groups excluding carboxylic acids is 2. The molecule has 7 heteroatoms. The number of ether oxygens (including phenoxy) is 1. The summed E-state index contributed by atoms with van der Waals surface area (Å²) in [4.78, 5) is 26.3. The van der Waals surface area contributed by atoms with Crippen LogP contribution in [0.4, 0.5) is 0 Å². The topological polar surface area (TPSA) is 77.5 Å². The van der Waals surface area contributed by atoms with Crippen LogP contribution >= 0.6 is 14.3 Å². The molecular formula is C36H28O5P2. The van der Waals surface area contributed by atoms with E-state index in [-0.39, 0.29) is 23.1 Å². The highest BCUT2D eigenvalue weighted by atomic mass is 31.2. The second-order valence-electron chi connectivity index (χ2n) is 10.2. The summed E-state index contributed by atoms with van der Waals surface area (Å²) in [7, 11) is -7.27. The Balaban J connectivity index is 1.52. The summed E-state index contributed by atoms with van der Waals surface area (Å²) in [5.74, 6) is 0.0501. The summed E-state index contributed by atoms with van der Waals surface area (Å²) in [5, 5.41) is 1.80. The van der Waals surface area contributed by atoms with Gasteiger partial charge < -0.3 is 13.9 Å². The van der Waals surface area contributed by atoms with Crippen LogP contribution in [0.3, 0.4) is 0 Å². The predicted molar refractivity (Wildman–Crippen MR) is 174 cm³/mol. The molecule has 0 aliphatic heterocycles. The van der Waals surface area contributed by atoms with Crippen LogP contribution < -0.4 is 26.0 Å². The van der Waals surface area contributed by atoms with E-state index in [1.165, 1.54) is 12.2 Å². The Bertz CT molecular complexity index is 1770. The molecule has 43 heavy (non-hydrogen) atoms. The van der Waals surface area contributed by atoms with E-state index < -0.39 is 25.6 Å². The Labute approximate surface area is 250 Å². The summed E-state index contributed by atoms with van der Waals surface area (Å²) in [5.41, 5.74) is -1.82. The molecule has 0 heterocycles. The highest BCUT2D eigenvalue weighted by molar-refractivity contribution is 7.81. The van der Waals surface area contributed by atoms with Crippen LogP contribution in [-0.4, -0.2) is 22.9 Å². The van der Waals surface area contributed by atoms with Crippen molar-refractivity contribution in [2.75, 3.05) is 0 Å². The summed E-state index contributed by atoms with van der Waals surface area (Å²) in [6.45, 7) is 0. The molecular weight excluding hydrogens is 574 g/mol. The quantitative estimate of drug-likeness (QED) is 0.224. The minimum absolute atomic E-state index is 0.255. The number of ketones is 2. The number of hydrogen-bond acceptors (Lipinski definition) is 5. The van der Waals surface area contributed by atoms with Gasteiger partial charge in [-0.1, -0.05) is 121 Å². The van der Waals surface area contributed by atoms with Gasteiger partial charge >= 0.3 is 0 Å². The summed E-state index contributed by atoms with van der Waals surface area (Å²) in [6, 6.07) is 31.9. The maximum atomic E-state index is 15.3. The molecule has 4 aromatic rings. The van der Waals surface area contributed by atoms with Crippen molar-refractivity contribution in [3.8, 4) is 11.5 Å². The molecule has 2 aliphatic carbocycles. The minimum Gasteiger partial charge on any atom is -0.456 e. The van der Waals surface area contributed by atoms with E-state index in [9.17, 15) is 9.59 Å². The van der Waals surface area contributed by atoms with E-state index >= 15 is 9.13 Å². The van der Waals surface area contributed by atoms with Crippen LogP contribution in [0.2, 0.25) is 0 Å². The molecule has 0 bridgehead atoms. The summed E-state index contributed by atoms with van der Waals surface area (Å²) >= 11 is 0. The average molecular weight is 603 g/mol. The van der Waals surface area contributed by atoms with Gasteiger partial charge in [-0.3, -0.25) is 9.59 Å². The molecule has 0 aromatic heterocycles. The zero-order valence-electron chi connectivity index (χ0n) is 23.1. The van der Waals surface area contributed by atoms with E-state index in [0.29, 0.717) is 21.2 Å². The SMILES string of the molecule is O=C1C=CC=CC1P(=O)(c1ccccc1)c1ccccc1Oc1ccccc1P(=O)(c1ccccc1)C1C=CC=CC1=O. The molecule has 0 N–H and O–H groups in total. The van der Waals surface area contributed by atoms with Crippen LogP contribution in [0.25, 0.3) is 0 Å². The molecule has 2 aliphatic rings. The van der Waals surface area contributed by atoms with Gasteiger partial charge in [0.25, 0.3) is 0 Å². The third kappa shape index (κ3) is 5.16. The van der Waals surface area contributed by atoms with Crippen LogP contribution in [0.1, 0.15) is 0 Å². The maximum absolute atomic E-state index is 15.3. The Morgan fingerprint density at radius 3 is 1.23 bits per heavy atom. The molecule has 0 fully saturated rings. The Morgan fingerprint density at radius 2 is 0.837 bits per heavy atom. The van der Waals surface area contributed by atoms with Crippen molar-refractivity contribution >= 4 is 47.1 Å². The van der Waals surface area contributed by atoms with Gasteiger partial charge in [0, 0.05) is 10.6 Å². The first-order valence-electron chi connectivity index (χ1n) is 13.9. The molecule has 212 valence electrons. The van der Waals surface area contributed by atoms with Gasteiger partial charge in [-0.25, -0.2) is 0 Å². The van der Waals surface area contributed by atoms with Crippen molar-refractivity contribution in [1.82, 2.24) is 0 Å². The third-order valence-corrected chi connectivity index (χ3v) is 14.4. The second kappa shape index (κ2) is 12.0. The number of carbonyl (C=O) groups is 2. The Morgan fingerprint density at radius 1 is 0.465 bits per heavy atom. The first-order valence-corrected chi connectivity index (χ1v) is 17.4. The molecule has 0 radical (unpaired) electrons. The fourth-order valence-electron chi connectivity index (χ4n) is 5.58. The molecule has 4 unspecified atom stereocenters. The number of hydrogen-bond donors (Lipinski definition) is 0. The fourth-order valence-corrected chi connectivity index (χ4v) is 11.7. The molecule has 0 saturated heterocycles. The fraction of sp³-hybridized carbons (Fsp3) is 0.0556.